The predicted molar refractivity (Wildman–Crippen MR) is 88.3 cm³/mol. The van der Waals surface area contributed by atoms with Crippen molar-refractivity contribution < 1.29 is 23.9 Å². The molecule has 8 heteroatoms. The summed E-state index contributed by atoms with van der Waals surface area (Å²) in [5.41, 5.74) is 4.19. The normalized spacial score (nSPS) is 10.4. The van der Waals surface area contributed by atoms with E-state index in [1.165, 1.54) is 7.11 Å². The van der Waals surface area contributed by atoms with Gasteiger partial charge < -0.3 is 20.1 Å². The lowest BCUT2D eigenvalue weighted by atomic mass is 10.1. The fraction of sp³-hybridized carbons (Fsp3) is 0.500. The molecular weight excluding hydrogens is 314 g/mol. The van der Waals surface area contributed by atoms with Crippen molar-refractivity contribution in [1.29, 1.82) is 0 Å². The van der Waals surface area contributed by atoms with Crippen molar-refractivity contribution in [3.8, 4) is 0 Å². The smallest absolute Gasteiger partial charge is 0.251 e. The van der Waals surface area contributed by atoms with Crippen LogP contribution in [0.3, 0.4) is 0 Å². The first kappa shape index (κ1) is 20.0. The molecule has 2 amide bonds. The van der Waals surface area contributed by atoms with Gasteiger partial charge in [-0.1, -0.05) is 17.7 Å². The van der Waals surface area contributed by atoms with Crippen LogP contribution in [-0.4, -0.2) is 58.6 Å². The number of ether oxygens (including phenoxy) is 2. The minimum atomic E-state index is -0.255. The van der Waals surface area contributed by atoms with Crippen molar-refractivity contribution in [2.24, 2.45) is 0 Å². The summed E-state index contributed by atoms with van der Waals surface area (Å²) < 4.78 is 10.0. The van der Waals surface area contributed by atoms with Crippen molar-refractivity contribution in [3.63, 3.8) is 0 Å². The lowest BCUT2D eigenvalue weighted by molar-refractivity contribution is -0.130. The van der Waals surface area contributed by atoms with Crippen LogP contribution < -0.4 is 16.1 Å². The Morgan fingerprint density at radius 1 is 1.04 bits per heavy atom. The van der Waals surface area contributed by atoms with E-state index >= 15 is 0 Å². The summed E-state index contributed by atoms with van der Waals surface area (Å²) in [5, 5.41) is 5.40. The fourth-order valence-corrected chi connectivity index (χ4v) is 1.68. The first-order chi connectivity index (χ1) is 11.6. The zero-order valence-electron chi connectivity index (χ0n) is 14.1. The zero-order chi connectivity index (χ0) is 17.6. The van der Waals surface area contributed by atoms with Crippen molar-refractivity contribution in [3.05, 3.63) is 35.4 Å². The number of amides is 2. The van der Waals surface area contributed by atoms with E-state index in [0.29, 0.717) is 31.9 Å². The molecule has 0 atom stereocenters. The van der Waals surface area contributed by atoms with Gasteiger partial charge in [-0.15, -0.1) is 0 Å². The van der Waals surface area contributed by atoms with Crippen LogP contribution in [0.1, 0.15) is 15.9 Å². The van der Waals surface area contributed by atoms with E-state index in [0.717, 1.165) is 5.56 Å². The van der Waals surface area contributed by atoms with Crippen LogP contribution in [0.15, 0.2) is 24.3 Å². The van der Waals surface area contributed by atoms with Crippen molar-refractivity contribution in [2.45, 2.75) is 6.92 Å². The third kappa shape index (κ3) is 9.21. The molecule has 0 heterocycles. The highest BCUT2D eigenvalue weighted by Gasteiger charge is 2.04. The number of carbonyl (C=O) groups is 2. The second kappa shape index (κ2) is 12.4. The number of aryl methyl sites for hydroxylation is 1. The SMILES string of the molecule is COCNOCC(=O)NCCOCCNC(=O)c1ccc(C)cc1. The third-order valence-electron chi connectivity index (χ3n) is 2.92. The fourth-order valence-electron chi connectivity index (χ4n) is 1.68. The highest BCUT2D eigenvalue weighted by Crippen LogP contribution is 2.02. The van der Waals surface area contributed by atoms with E-state index in [1.54, 1.807) is 12.1 Å². The molecule has 24 heavy (non-hydrogen) atoms. The summed E-state index contributed by atoms with van der Waals surface area (Å²) in [6.45, 7) is 3.59. The van der Waals surface area contributed by atoms with Crippen molar-refractivity contribution >= 4 is 11.8 Å². The van der Waals surface area contributed by atoms with E-state index in [9.17, 15) is 9.59 Å². The number of hydroxylamine groups is 1. The standard InChI is InChI=1S/C16H25N3O5/c1-13-3-5-14(6-4-13)16(21)18-8-10-23-9-7-17-15(20)11-24-19-12-22-2/h3-6,19H,7-12H2,1-2H3,(H,17,20)(H,18,21). The van der Waals surface area contributed by atoms with Crippen LogP contribution >= 0.6 is 0 Å². The Bertz CT molecular complexity index is 493. The van der Waals surface area contributed by atoms with Crippen molar-refractivity contribution in [1.82, 2.24) is 16.1 Å². The average molecular weight is 339 g/mol. The van der Waals surface area contributed by atoms with Crippen LogP contribution in [0.5, 0.6) is 0 Å². The topological polar surface area (TPSA) is 97.9 Å². The molecule has 0 radical (unpaired) electrons. The molecule has 1 aromatic rings. The molecule has 1 rings (SSSR count). The van der Waals surface area contributed by atoms with Gasteiger partial charge in [-0.25, -0.2) is 0 Å². The Hall–Kier alpha value is -2.00. The number of nitrogens with one attached hydrogen (secondary N) is 3. The average Bonchev–Trinajstić information content (AvgIpc) is 2.58. The Morgan fingerprint density at radius 3 is 2.38 bits per heavy atom. The van der Waals surface area contributed by atoms with Gasteiger partial charge in [-0.3, -0.25) is 14.4 Å². The number of hydrogen-bond donors (Lipinski definition) is 3. The first-order valence-corrected chi connectivity index (χ1v) is 7.66. The molecule has 0 aliphatic rings. The lowest BCUT2D eigenvalue weighted by Crippen LogP contribution is -2.34. The molecule has 0 saturated heterocycles. The number of hydrogen-bond acceptors (Lipinski definition) is 6. The summed E-state index contributed by atoms with van der Waals surface area (Å²) >= 11 is 0. The van der Waals surface area contributed by atoms with Gasteiger partial charge in [0.25, 0.3) is 5.91 Å². The molecule has 0 aliphatic heterocycles. The molecule has 0 saturated carbocycles. The molecule has 0 bridgehead atoms. The maximum atomic E-state index is 11.8. The maximum absolute atomic E-state index is 11.8. The number of benzene rings is 1. The summed E-state index contributed by atoms with van der Waals surface area (Å²) in [6, 6.07) is 7.35. The Balaban J connectivity index is 1.97. The molecule has 0 aliphatic carbocycles. The maximum Gasteiger partial charge on any atom is 0.251 e. The molecule has 134 valence electrons. The van der Waals surface area contributed by atoms with Gasteiger partial charge in [0.2, 0.25) is 5.91 Å². The van der Waals surface area contributed by atoms with Crippen LogP contribution in [0, 0.1) is 6.92 Å². The summed E-state index contributed by atoms with van der Waals surface area (Å²) in [6.07, 6.45) is 0. The monoisotopic (exact) mass is 339 g/mol. The van der Waals surface area contributed by atoms with E-state index in [-0.39, 0.29) is 25.2 Å². The number of carbonyl (C=O) groups excluding carboxylic acids is 2. The molecule has 1 aromatic carbocycles. The van der Waals surface area contributed by atoms with Crippen LogP contribution in [-0.2, 0) is 19.1 Å². The quantitative estimate of drug-likeness (QED) is 0.281. The van der Waals surface area contributed by atoms with Crippen molar-refractivity contribution in [2.75, 3.05) is 46.8 Å². The van der Waals surface area contributed by atoms with Gasteiger partial charge in [-0.05, 0) is 19.1 Å². The Kier molecular flexibility index (Phi) is 10.4. The van der Waals surface area contributed by atoms with E-state index < -0.39 is 0 Å². The minimum absolute atomic E-state index is 0.101. The first-order valence-electron chi connectivity index (χ1n) is 7.66. The van der Waals surface area contributed by atoms with E-state index in [2.05, 4.69) is 16.1 Å². The number of methoxy groups -OCH3 is 1. The van der Waals surface area contributed by atoms with Gasteiger partial charge in [0.15, 0.2) is 0 Å². The van der Waals surface area contributed by atoms with Crippen LogP contribution in [0.25, 0.3) is 0 Å². The molecule has 3 N–H and O–H groups in total. The molecule has 0 unspecified atom stereocenters. The zero-order valence-corrected chi connectivity index (χ0v) is 14.1. The molecule has 0 aromatic heterocycles. The molecule has 0 fully saturated rings. The molecular formula is C16H25N3O5. The van der Waals surface area contributed by atoms with Crippen LogP contribution in [0.2, 0.25) is 0 Å². The molecule has 8 nitrogen and oxygen atoms in total. The second-order valence-corrected chi connectivity index (χ2v) is 4.95. The van der Waals surface area contributed by atoms with Gasteiger partial charge in [0, 0.05) is 25.8 Å². The Labute approximate surface area is 141 Å². The summed E-state index contributed by atoms with van der Waals surface area (Å²) in [5.74, 6) is -0.387. The number of rotatable bonds is 12. The molecule has 0 spiro atoms. The lowest BCUT2D eigenvalue weighted by Gasteiger charge is -2.08. The van der Waals surface area contributed by atoms with Gasteiger partial charge in [-0.2, -0.15) is 5.48 Å². The third-order valence-corrected chi connectivity index (χ3v) is 2.92. The largest absolute Gasteiger partial charge is 0.378 e. The highest BCUT2D eigenvalue weighted by molar-refractivity contribution is 5.94. The van der Waals surface area contributed by atoms with E-state index in [4.69, 9.17) is 14.3 Å². The highest BCUT2D eigenvalue weighted by atomic mass is 16.7. The predicted octanol–water partition coefficient (Wildman–Crippen LogP) is -0.0173. The summed E-state index contributed by atoms with van der Waals surface area (Å²) in [7, 11) is 1.51. The van der Waals surface area contributed by atoms with E-state index in [1.807, 2.05) is 19.1 Å². The summed E-state index contributed by atoms with van der Waals surface area (Å²) in [4.78, 5) is 28.0. The van der Waals surface area contributed by atoms with Gasteiger partial charge >= 0.3 is 0 Å². The van der Waals surface area contributed by atoms with Crippen LogP contribution in [0.4, 0.5) is 0 Å². The Morgan fingerprint density at radius 2 is 1.71 bits per heavy atom. The minimum Gasteiger partial charge on any atom is -0.378 e. The van der Waals surface area contributed by atoms with Gasteiger partial charge in [0.05, 0.1) is 13.2 Å². The van der Waals surface area contributed by atoms with Gasteiger partial charge in [0.1, 0.15) is 13.3 Å². The second-order valence-electron chi connectivity index (χ2n) is 4.95.